The van der Waals surface area contributed by atoms with Crippen molar-refractivity contribution in [3.8, 4) is 0 Å². The quantitative estimate of drug-likeness (QED) is 0.354. The van der Waals surface area contributed by atoms with Crippen LogP contribution in [0.2, 0.25) is 0 Å². The molecule has 10 heavy (non-hydrogen) atoms. The van der Waals surface area contributed by atoms with Crippen molar-refractivity contribution >= 4 is 37.8 Å². The second kappa shape index (κ2) is 3.29. The van der Waals surface area contributed by atoms with E-state index in [0.717, 1.165) is 0 Å². The zero-order chi connectivity index (χ0) is 8.36. The van der Waals surface area contributed by atoms with Crippen LogP contribution in [0.5, 0.6) is 0 Å². The molecule has 0 heterocycles. The molecule has 58 valence electrons. The molecule has 0 aromatic rings. The Morgan fingerprint density at radius 1 is 1.70 bits per heavy atom. The normalized spacial score (nSPS) is 11.0. The molecule has 0 saturated heterocycles. The number of alkyl halides is 2. The number of rotatable bonds is 3. The lowest BCUT2D eigenvalue weighted by atomic mass is 10.4. The maximum absolute atomic E-state index is 10.2. The van der Waals surface area contributed by atoms with Crippen molar-refractivity contribution < 1.29 is 9.72 Å². The van der Waals surface area contributed by atoms with E-state index in [-0.39, 0.29) is 6.42 Å². The maximum atomic E-state index is 10.2. The summed E-state index contributed by atoms with van der Waals surface area (Å²) in [6.07, 6.45) is -0.389. The van der Waals surface area contributed by atoms with Gasteiger partial charge in [0.2, 0.25) is 5.91 Å². The molecule has 2 N–H and O–H groups in total. The van der Waals surface area contributed by atoms with Crippen LogP contribution in [-0.4, -0.2) is 14.2 Å². The summed E-state index contributed by atoms with van der Waals surface area (Å²) in [6.45, 7) is 0. The van der Waals surface area contributed by atoms with Crippen molar-refractivity contribution in [2.75, 3.05) is 0 Å². The summed E-state index contributed by atoms with van der Waals surface area (Å²) in [5.41, 5.74) is 4.71. The third-order valence-electron chi connectivity index (χ3n) is 0.654. The molecule has 0 aliphatic rings. The van der Waals surface area contributed by atoms with Crippen LogP contribution in [0.4, 0.5) is 0 Å². The lowest BCUT2D eigenvalue weighted by molar-refractivity contribution is -0.503. The van der Waals surface area contributed by atoms with Gasteiger partial charge in [-0.05, 0) is 0 Å². The van der Waals surface area contributed by atoms with E-state index < -0.39 is 14.2 Å². The number of carbonyl (C=O) groups excluding carboxylic acids is 1. The number of halogens is 2. The average molecular weight is 276 g/mol. The number of nitrogens with two attached hydrogens (primary N) is 1. The molecule has 0 spiro atoms. The third-order valence-corrected chi connectivity index (χ3v) is 1.79. The van der Waals surface area contributed by atoms with Gasteiger partial charge in [-0.3, -0.25) is 14.9 Å². The molecular weight excluding hydrogens is 272 g/mol. The van der Waals surface area contributed by atoms with Gasteiger partial charge >= 0.3 is 3.36 Å². The summed E-state index contributed by atoms with van der Waals surface area (Å²) in [5.74, 6) is -0.745. The SMILES string of the molecule is NC(=O)CC(Br)(Br)[N+](=O)[O-]. The van der Waals surface area contributed by atoms with E-state index in [4.69, 9.17) is 5.73 Å². The zero-order valence-electron chi connectivity index (χ0n) is 4.71. The fraction of sp³-hybridized carbons (Fsp3) is 0.667. The number of nitrogens with zero attached hydrogens (tertiary/aromatic N) is 1. The summed E-state index contributed by atoms with van der Waals surface area (Å²) in [5, 5.41) is 10.1. The Balaban J connectivity index is 4.13. The molecule has 0 unspecified atom stereocenters. The summed E-state index contributed by atoms with van der Waals surface area (Å²) in [4.78, 5) is 19.6. The maximum Gasteiger partial charge on any atom is 0.335 e. The van der Waals surface area contributed by atoms with E-state index in [1.165, 1.54) is 0 Å². The summed E-state index contributed by atoms with van der Waals surface area (Å²) < 4.78 is -1.61. The van der Waals surface area contributed by atoms with Crippen molar-refractivity contribution in [3.05, 3.63) is 10.1 Å². The van der Waals surface area contributed by atoms with Crippen molar-refractivity contribution in [1.29, 1.82) is 0 Å². The first-order valence-corrected chi connectivity index (χ1v) is 3.75. The van der Waals surface area contributed by atoms with E-state index in [9.17, 15) is 14.9 Å². The first kappa shape index (κ1) is 9.83. The van der Waals surface area contributed by atoms with Crippen molar-refractivity contribution in [2.45, 2.75) is 9.78 Å². The van der Waals surface area contributed by atoms with Crippen LogP contribution in [-0.2, 0) is 4.79 Å². The smallest absolute Gasteiger partial charge is 0.335 e. The molecule has 1 amide bonds. The van der Waals surface area contributed by atoms with E-state index in [0.29, 0.717) is 0 Å². The van der Waals surface area contributed by atoms with Gasteiger partial charge in [-0.15, -0.1) is 0 Å². The number of primary amides is 1. The Labute approximate surface area is 73.4 Å². The van der Waals surface area contributed by atoms with Gasteiger partial charge in [0.25, 0.3) is 0 Å². The Morgan fingerprint density at radius 3 is 2.20 bits per heavy atom. The van der Waals surface area contributed by atoms with Crippen molar-refractivity contribution in [3.63, 3.8) is 0 Å². The minimum atomic E-state index is -1.61. The monoisotopic (exact) mass is 274 g/mol. The van der Waals surface area contributed by atoms with E-state index in [2.05, 4.69) is 31.9 Å². The standard InChI is InChI=1S/C3H4Br2N2O3/c4-3(5,7(9)10)1-2(6)8/h1H2,(H2,6,8). The van der Waals surface area contributed by atoms with Gasteiger partial charge in [0.15, 0.2) is 0 Å². The lowest BCUT2D eigenvalue weighted by Gasteiger charge is -2.07. The second-order valence-electron chi connectivity index (χ2n) is 1.57. The topological polar surface area (TPSA) is 86.2 Å². The molecule has 0 fully saturated rings. The van der Waals surface area contributed by atoms with Crippen molar-refractivity contribution in [1.82, 2.24) is 0 Å². The van der Waals surface area contributed by atoms with Gasteiger partial charge in [0.05, 0.1) is 0 Å². The molecule has 5 nitrogen and oxygen atoms in total. The van der Waals surface area contributed by atoms with Crippen LogP contribution in [0.25, 0.3) is 0 Å². The molecule has 0 aromatic carbocycles. The molecule has 0 aromatic heterocycles. The van der Waals surface area contributed by atoms with Crippen LogP contribution in [0.3, 0.4) is 0 Å². The average Bonchev–Trinajstić information content (AvgIpc) is 1.60. The third kappa shape index (κ3) is 3.11. The van der Waals surface area contributed by atoms with Crippen molar-refractivity contribution in [2.24, 2.45) is 5.73 Å². The summed E-state index contributed by atoms with van der Waals surface area (Å²) in [7, 11) is 0. The minimum Gasteiger partial charge on any atom is -0.369 e. The van der Waals surface area contributed by atoms with Gasteiger partial charge in [-0.1, -0.05) is 0 Å². The molecule has 0 radical (unpaired) electrons. The van der Waals surface area contributed by atoms with Gasteiger partial charge in [-0.2, -0.15) is 0 Å². The second-order valence-corrected chi connectivity index (χ2v) is 5.25. The molecule has 0 aliphatic carbocycles. The van der Waals surface area contributed by atoms with E-state index in [1.807, 2.05) is 0 Å². The molecule has 0 aliphatic heterocycles. The predicted octanol–water partition coefficient (Wildman–Crippen LogP) is 0.582. The highest BCUT2D eigenvalue weighted by atomic mass is 79.9. The Kier molecular flexibility index (Phi) is 3.23. The highest BCUT2D eigenvalue weighted by Gasteiger charge is 2.37. The highest BCUT2D eigenvalue weighted by Crippen LogP contribution is 2.29. The predicted molar refractivity (Wildman–Crippen MR) is 41.4 cm³/mol. The summed E-state index contributed by atoms with van der Waals surface area (Å²) in [6, 6.07) is 0. The summed E-state index contributed by atoms with van der Waals surface area (Å²) >= 11 is 5.33. The molecule has 0 rings (SSSR count). The van der Waals surface area contributed by atoms with E-state index in [1.54, 1.807) is 0 Å². The van der Waals surface area contributed by atoms with Crippen LogP contribution >= 0.6 is 31.9 Å². The number of hydrogen-bond acceptors (Lipinski definition) is 3. The van der Waals surface area contributed by atoms with Crippen LogP contribution in [0.1, 0.15) is 6.42 Å². The van der Waals surface area contributed by atoms with Gasteiger partial charge in [-0.25, -0.2) is 0 Å². The first-order valence-electron chi connectivity index (χ1n) is 2.17. The lowest BCUT2D eigenvalue weighted by Crippen LogP contribution is -2.30. The Morgan fingerprint density at radius 2 is 2.10 bits per heavy atom. The Bertz CT molecular complexity index is 169. The number of amides is 1. The Hall–Kier alpha value is -0.170. The largest absolute Gasteiger partial charge is 0.369 e. The van der Waals surface area contributed by atoms with Gasteiger partial charge in [0.1, 0.15) is 6.42 Å². The molecule has 0 bridgehead atoms. The molecule has 0 saturated carbocycles. The number of nitro groups is 1. The minimum absolute atomic E-state index is 0.389. The molecule has 7 heteroatoms. The molecular formula is C3H4Br2N2O3. The number of carbonyl (C=O) groups is 1. The molecule has 0 atom stereocenters. The van der Waals surface area contributed by atoms with Gasteiger partial charge < -0.3 is 5.73 Å². The first-order chi connectivity index (χ1) is 4.36. The fourth-order valence-electron chi connectivity index (χ4n) is 0.274. The van der Waals surface area contributed by atoms with Crippen LogP contribution in [0, 0.1) is 10.1 Å². The van der Waals surface area contributed by atoms with Crippen LogP contribution in [0.15, 0.2) is 0 Å². The fourth-order valence-corrected chi connectivity index (χ4v) is 0.827. The highest BCUT2D eigenvalue weighted by molar-refractivity contribution is 9.25. The zero-order valence-corrected chi connectivity index (χ0v) is 7.88. The van der Waals surface area contributed by atoms with E-state index >= 15 is 0 Å². The number of hydrogen-bond donors (Lipinski definition) is 1. The van der Waals surface area contributed by atoms with Gasteiger partial charge in [0, 0.05) is 36.8 Å². The van der Waals surface area contributed by atoms with Crippen LogP contribution < -0.4 is 5.73 Å².